The number of fused-ring (bicyclic) bond motifs is 2. The molecule has 28 heavy (non-hydrogen) atoms. The number of aromatic amines is 1. The molecule has 3 heterocycles. The number of pyridine rings is 2. The van der Waals surface area contributed by atoms with E-state index in [0.29, 0.717) is 16.5 Å². The van der Waals surface area contributed by atoms with Crippen molar-refractivity contribution in [3.63, 3.8) is 0 Å². The Labute approximate surface area is 166 Å². The highest BCUT2D eigenvalue weighted by Crippen LogP contribution is 2.37. The first-order valence-corrected chi connectivity index (χ1v) is 9.19. The number of rotatable bonds is 1. The van der Waals surface area contributed by atoms with Crippen LogP contribution in [0.25, 0.3) is 44.2 Å². The molecule has 0 radical (unpaired) electrons. The van der Waals surface area contributed by atoms with E-state index in [4.69, 9.17) is 10.2 Å². The third kappa shape index (κ3) is 2.39. The first-order chi connectivity index (χ1) is 13.5. The fourth-order valence-corrected chi connectivity index (χ4v) is 3.87. The summed E-state index contributed by atoms with van der Waals surface area (Å²) in [5.41, 5.74) is 9.08. The molecular weight excluding hydrogens is 420 g/mol. The van der Waals surface area contributed by atoms with Gasteiger partial charge in [0.1, 0.15) is 23.0 Å². The largest absolute Gasteiger partial charge is 0.437 e. The van der Waals surface area contributed by atoms with Crippen LogP contribution in [-0.2, 0) is 0 Å². The van der Waals surface area contributed by atoms with Gasteiger partial charge < -0.3 is 15.1 Å². The summed E-state index contributed by atoms with van der Waals surface area (Å²) < 4.78 is 6.78. The molecule has 7 heteroatoms. The number of hydrogen-bond acceptors (Lipinski definition) is 5. The quantitative estimate of drug-likeness (QED) is 0.295. The van der Waals surface area contributed by atoms with Crippen LogP contribution in [0.2, 0.25) is 0 Å². The molecular formula is C21H11BrN4O2. The number of H-pyrrole nitrogens is 1. The number of halogens is 1. The molecule has 5 aromatic rings. The van der Waals surface area contributed by atoms with E-state index in [1.807, 2.05) is 30.3 Å². The van der Waals surface area contributed by atoms with E-state index in [1.54, 1.807) is 6.07 Å². The molecule has 0 atom stereocenters. The number of hydrogen-bond donors (Lipinski definition) is 2. The topological polar surface area (TPSA) is 109 Å². The second-order valence-electron chi connectivity index (χ2n) is 6.41. The first-order valence-electron chi connectivity index (χ1n) is 8.40. The van der Waals surface area contributed by atoms with Crippen molar-refractivity contribution in [2.24, 2.45) is 0 Å². The van der Waals surface area contributed by atoms with Gasteiger partial charge in [-0.25, -0.2) is 0 Å². The number of anilines is 1. The standard InChI is InChI=1S/C21H11BrN4O2/c22-11-3-1-2-10(6-11)16-8-14-13-5-4-12(27)7-17(13)28-21-18(14)19(25-16)15(9-23)20(24)26-21/h1-8,25H,(H2,24,26). The molecule has 0 aliphatic rings. The van der Waals surface area contributed by atoms with Gasteiger partial charge in [0.05, 0.1) is 10.9 Å². The van der Waals surface area contributed by atoms with Crippen molar-refractivity contribution in [1.29, 1.82) is 5.26 Å². The second-order valence-corrected chi connectivity index (χ2v) is 7.32. The molecule has 0 saturated heterocycles. The Balaban J connectivity index is 2.04. The van der Waals surface area contributed by atoms with Crippen molar-refractivity contribution in [2.75, 3.05) is 5.73 Å². The van der Waals surface area contributed by atoms with Gasteiger partial charge in [-0.15, -0.1) is 0 Å². The smallest absolute Gasteiger partial charge is 0.231 e. The molecule has 3 aromatic heterocycles. The Morgan fingerprint density at radius 1 is 1.14 bits per heavy atom. The maximum Gasteiger partial charge on any atom is 0.231 e. The van der Waals surface area contributed by atoms with Crippen molar-refractivity contribution in [2.45, 2.75) is 0 Å². The number of nitrogens with one attached hydrogen (secondary N) is 1. The van der Waals surface area contributed by atoms with Crippen LogP contribution in [0.1, 0.15) is 5.56 Å². The van der Waals surface area contributed by atoms with Crippen LogP contribution in [-0.4, -0.2) is 9.97 Å². The molecule has 0 saturated carbocycles. The van der Waals surface area contributed by atoms with E-state index in [0.717, 1.165) is 26.5 Å². The number of nitrogen functional groups attached to an aromatic ring is 1. The highest BCUT2D eigenvalue weighted by atomic mass is 79.9. The van der Waals surface area contributed by atoms with Crippen LogP contribution in [0.5, 0.6) is 0 Å². The number of nitriles is 1. The maximum atomic E-state index is 11.8. The Morgan fingerprint density at radius 2 is 2.00 bits per heavy atom. The van der Waals surface area contributed by atoms with Gasteiger partial charge in [0.25, 0.3) is 0 Å². The lowest BCUT2D eigenvalue weighted by Crippen LogP contribution is -2.01. The van der Waals surface area contributed by atoms with Gasteiger partial charge in [-0.3, -0.25) is 4.79 Å². The molecule has 134 valence electrons. The molecule has 0 fully saturated rings. The van der Waals surface area contributed by atoms with Crippen LogP contribution in [0.15, 0.2) is 62.2 Å². The van der Waals surface area contributed by atoms with Gasteiger partial charge in [-0.2, -0.15) is 10.2 Å². The summed E-state index contributed by atoms with van der Waals surface area (Å²) in [6, 6.07) is 16.6. The van der Waals surface area contributed by atoms with Crippen LogP contribution in [0, 0.1) is 11.3 Å². The lowest BCUT2D eigenvalue weighted by molar-refractivity contribution is 0.647. The average molecular weight is 431 g/mol. The lowest BCUT2D eigenvalue weighted by Gasteiger charge is -2.13. The molecule has 6 nitrogen and oxygen atoms in total. The Morgan fingerprint density at radius 3 is 2.79 bits per heavy atom. The highest BCUT2D eigenvalue weighted by molar-refractivity contribution is 9.10. The summed E-state index contributed by atoms with van der Waals surface area (Å²) >= 11 is 3.49. The Kier molecular flexibility index (Phi) is 3.51. The van der Waals surface area contributed by atoms with E-state index in [9.17, 15) is 10.1 Å². The predicted octanol–water partition coefficient (Wildman–Crippen LogP) is 4.71. The zero-order chi connectivity index (χ0) is 19.4. The molecule has 2 aromatic carbocycles. The van der Waals surface area contributed by atoms with E-state index < -0.39 is 0 Å². The Hall–Kier alpha value is -3.63. The molecule has 5 rings (SSSR count). The van der Waals surface area contributed by atoms with Crippen molar-refractivity contribution in [3.05, 3.63) is 68.8 Å². The molecule has 0 spiro atoms. The summed E-state index contributed by atoms with van der Waals surface area (Å²) in [4.78, 5) is 19.4. The third-order valence-electron chi connectivity index (χ3n) is 4.71. The van der Waals surface area contributed by atoms with Crippen molar-refractivity contribution in [1.82, 2.24) is 9.97 Å². The van der Waals surface area contributed by atoms with Gasteiger partial charge in [0.15, 0.2) is 5.43 Å². The van der Waals surface area contributed by atoms with Gasteiger partial charge in [-0.05, 0) is 35.9 Å². The summed E-state index contributed by atoms with van der Waals surface area (Å²) in [5.74, 6) is 0.0697. The average Bonchev–Trinajstić information content (AvgIpc) is 2.67. The zero-order valence-corrected chi connectivity index (χ0v) is 15.9. The SMILES string of the molecule is N#Cc1c(N)nc2oc3cc(=O)ccc3c3cc(-c4cccc(Br)c4)[nH]c1c23. The van der Waals surface area contributed by atoms with Crippen LogP contribution in [0.3, 0.4) is 0 Å². The zero-order valence-electron chi connectivity index (χ0n) is 14.3. The molecule has 0 bridgehead atoms. The lowest BCUT2D eigenvalue weighted by atomic mass is 10.0. The van der Waals surface area contributed by atoms with E-state index in [1.165, 1.54) is 12.1 Å². The summed E-state index contributed by atoms with van der Waals surface area (Å²) in [7, 11) is 0. The predicted molar refractivity (Wildman–Crippen MR) is 112 cm³/mol. The number of nitrogens with two attached hydrogens (primary N) is 1. The fourth-order valence-electron chi connectivity index (χ4n) is 3.47. The second kappa shape index (κ2) is 5.94. The maximum absolute atomic E-state index is 11.8. The molecule has 0 amide bonds. The fraction of sp³-hybridized carbons (Fsp3) is 0. The monoisotopic (exact) mass is 430 g/mol. The van der Waals surface area contributed by atoms with Gasteiger partial charge in [0.2, 0.25) is 5.71 Å². The van der Waals surface area contributed by atoms with Crippen molar-refractivity contribution in [3.8, 4) is 17.3 Å². The van der Waals surface area contributed by atoms with Gasteiger partial charge in [0, 0.05) is 27.0 Å². The minimum absolute atomic E-state index is 0.0697. The summed E-state index contributed by atoms with van der Waals surface area (Å²) in [5, 5.41) is 11.9. The first kappa shape index (κ1) is 16.5. The third-order valence-corrected chi connectivity index (χ3v) is 5.20. The highest BCUT2D eigenvalue weighted by Gasteiger charge is 2.18. The molecule has 3 N–H and O–H groups in total. The van der Waals surface area contributed by atoms with E-state index in [2.05, 4.69) is 32.0 Å². The van der Waals surface area contributed by atoms with Crippen molar-refractivity contribution >= 4 is 54.7 Å². The Bertz CT molecular complexity index is 1530. The number of aromatic nitrogens is 2. The summed E-state index contributed by atoms with van der Waals surface area (Å²) in [6.45, 7) is 0. The summed E-state index contributed by atoms with van der Waals surface area (Å²) in [6.07, 6.45) is 0. The molecule has 0 aliphatic heterocycles. The number of nitrogens with zero attached hydrogens (tertiary/aromatic N) is 2. The van der Waals surface area contributed by atoms with Crippen molar-refractivity contribution < 1.29 is 4.42 Å². The van der Waals surface area contributed by atoms with Gasteiger partial charge >= 0.3 is 0 Å². The van der Waals surface area contributed by atoms with Crippen LogP contribution >= 0.6 is 15.9 Å². The van der Waals surface area contributed by atoms with E-state index >= 15 is 0 Å². The molecule has 0 aliphatic carbocycles. The molecule has 0 unspecified atom stereocenters. The normalized spacial score (nSPS) is 11.3. The van der Waals surface area contributed by atoms with Gasteiger partial charge in [-0.1, -0.05) is 28.1 Å². The minimum Gasteiger partial charge on any atom is -0.437 e. The number of benzene rings is 2. The van der Waals surface area contributed by atoms with Crippen LogP contribution < -0.4 is 11.2 Å². The van der Waals surface area contributed by atoms with Crippen LogP contribution in [0.4, 0.5) is 5.82 Å². The van der Waals surface area contributed by atoms with E-state index in [-0.39, 0.29) is 22.5 Å². The minimum atomic E-state index is -0.158.